The van der Waals surface area contributed by atoms with Crippen LogP contribution >= 0.6 is 0 Å². The Kier molecular flexibility index (Phi) is 22.6. The zero-order valence-corrected chi connectivity index (χ0v) is 36.1. The lowest BCUT2D eigenvalue weighted by molar-refractivity contribution is 0.142. The molecule has 0 saturated heterocycles. The summed E-state index contributed by atoms with van der Waals surface area (Å²) in [5.41, 5.74) is 4.66. The molecule has 8 nitrogen and oxygen atoms in total. The van der Waals surface area contributed by atoms with Gasteiger partial charge < -0.3 is 26.6 Å². The van der Waals surface area contributed by atoms with E-state index in [4.69, 9.17) is 26.6 Å². The number of aryl methyl sites for hydroxylation is 2. The van der Waals surface area contributed by atoms with E-state index < -0.39 is 45.4 Å². The lowest BCUT2D eigenvalue weighted by Gasteiger charge is -2.36. The Balaban J connectivity index is 3.24. The van der Waals surface area contributed by atoms with E-state index in [1.54, 1.807) is 58.6 Å². The van der Waals surface area contributed by atoms with Crippen LogP contribution in [0.1, 0.15) is 29.5 Å². The Bertz CT molecular complexity index is 883. The summed E-state index contributed by atoms with van der Waals surface area (Å²) in [6, 6.07) is 6.67. The number of nitrogens with zero attached hydrogens (tertiary/aromatic N) is 2. The van der Waals surface area contributed by atoms with Gasteiger partial charge in [-0.3, -0.25) is 9.80 Å². The lowest BCUT2D eigenvalue weighted by Crippen LogP contribution is -2.50. The van der Waals surface area contributed by atoms with Crippen LogP contribution in [0.2, 0.25) is 50.4 Å². The zero-order chi connectivity index (χ0) is 33.2. The van der Waals surface area contributed by atoms with Crippen molar-refractivity contribution < 1.29 is 26.6 Å². The van der Waals surface area contributed by atoms with Gasteiger partial charge in [-0.15, -0.1) is 0 Å². The molecule has 1 rings (SSSR count). The van der Waals surface area contributed by atoms with Crippen LogP contribution in [0, 0.1) is 6.92 Å². The molecule has 44 heavy (non-hydrogen) atoms. The third kappa shape index (κ3) is 14.1. The molecule has 0 bridgehead atoms. The molecule has 0 aliphatic carbocycles. The van der Waals surface area contributed by atoms with E-state index in [9.17, 15) is 0 Å². The molecule has 0 unspecified atom stereocenters. The Morgan fingerprint density at radius 1 is 0.659 bits per heavy atom. The topological polar surface area (TPSA) is 61.9 Å². The molecule has 0 fully saturated rings. The van der Waals surface area contributed by atoms with Crippen LogP contribution in [0.15, 0.2) is 6.07 Å². The molecule has 0 spiro atoms. The maximum atomic E-state index is 5.67. The Labute approximate surface area is 282 Å². The fraction of sp³-hybridized carbons (Fsp3) is 0.800. The predicted octanol–water partition coefficient (Wildman–Crippen LogP) is 3.40. The molecule has 0 amide bonds. The van der Waals surface area contributed by atoms with Crippen LogP contribution in [-0.4, -0.2) is 140 Å². The van der Waals surface area contributed by atoms with Crippen molar-refractivity contribution >= 4 is 65.3 Å². The van der Waals surface area contributed by atoms with E-state index in [0.717, 1.165) is 66.4 Å². The molecule has 0 aromatic heterocycles. The minimum Gasteiger partial charge on any atom is -0.397 e. The zero-order valence-electron chi connectivity index (χ0n) is 30.1. The van der Waals surface area contributed by atoms with Crippen LogP contribution in [0.4, 0.5) is 0 Å². The van der Waals surface area contributed by atoms with Crippen LogP contribution in [-0.2, 0) is 39.4 Å². The summed E-state index contributed by atoms with van der Waals surface area (Å²) in [7, 11) is 11.3. The van der Waals surface area contributed by atoms with Gasteiger partial charge in [0.25, 0.3) is 0 Å². The van der Waals surface area contributed by atoms with Gasteiger partial charge in [-0.1, -0.05) is 54.2 Å². The van der Waals surface area contributed by atoms with E-state index in [1.807, 2.05) is 0 Å². The Morgan fingerprint density at radius 2 is 1.09 bits per heavy atom. The summed E-state index contributed by atoms with van der Waals surface area (Å²) in [6.07, 6.45) is 4.33. The van der Waals surface area contributed by atoms with Crippen LogP contribution in [0.3, 0.4) is 0 Å². The first-order valence-electron chi connectivity index (χ1n) is 15.7. The molecule has 0 aliphatic heterocycles. The van der Waals surface area contributed by atoms with Crippen LogP contribution < -0.4 is 10.4 Å². The van der Waals surface area contributed by atoms with E-state index in [0.29, 0.717) is 5.79 Å². The molecule has 0 atom stereocenters. The van der Waals surface area contributed by atoms with Gasteiger partial charge in [0, 0.05) is 48.4 Å². The van der Waals surface area contributed by atoms with Crippen LogP contribution in [0.5, 0.6) is 0 Å². The first-order chi connectivity index (χ1) is 21.0. The van der Waals surface area contributed by atoms with Gasteiger partial charge in [0.05, 0.1) is 27.1 Å². The highest BCUT2D eigenvalue weighted by atomic mass is 28.3. The fourth-order valence-electron chi connectivity index (χ4n) is 5.90. The third-order valence-corrected chi connectivity index (χ3v) is 18.2. The number of benzene rings is 1. The monoisotopic (exact) mass is 713 g/mol. The summed E-state index contributed by atoms with van der Waals surface area (Å²) in [5.74, 6) is 0.398. The average Bonchev–Trinajstić information content (AvgIpc) is 3.00. The quantitative estimate of drug-likeness (QED) is 0.113. The molecule has 1 aromatic rings. The molecule has 1 aromatic carbocycles. The molecular formula is C30H61N2O6Si6. The van der Waals surface area contributed by atoms with E-state index in [2.05, 4.69) is 63.1 Å². The third-order valence-electron chi connectivity index (χ3n) is 8.01. The number of rotatable bonds is 25. The minimum absolute atomic E-state index is 0.398. The summed E-state index contributed by atoms with van der Waals surface area (Å²) >= 11 is 0. The van der Waals surface area contributed by atoms with E-state index >= 15 is 0 Å². The second-order valence-electron chi connectivity index (χ2n) is 11.7. The Hall–Kier alpha value is 0.201. The molecular weight excluding hydrogens is 653 g/mol. The maximum absolute atomic E-state index is 5.67. The summed E-state index contributed by atoms with van der Waals surface area (Å²) in [4.78, 5) is 5.12. The van der Waals surface area contributed by atoms with Crippen molar-refractivity contribution in [3.63, 3.8) is 0 Å². The second-order valence-corrected chi connectivity index (χ2v) is 24.3. The van der Waals surface area contributed by atoms with Gasteiger partial charge in [-0.2, -0.15) is 0 Å². The molecule has 14 heteroatoms. The lowest BCUT2D eigenvalue weighted by atomic mass is 10.00. The predicted molar refractivity (Wildman–Crippen MR) is 195 cm³/mol. The van der Waals surface area contributed by atoms with Gasteiger partial charge >= 0.3 is 27.9 Å². The Morgan fingerprint density at radius 3 is 1.50 bits per heavy atom. The molecule has 0 N–H and O–H groups in total. The molecule has 7 radical (unpaired) electrons. The normalized spacial score (nSPS) is 12.7. The molecule has 251 valence electrons. The highest BCUT2D eigenvalue weighted by Gasteiger charge is 2.25. The van der Waals surface area contributed by atoms with Crippen molar-refractivity contribution in [1.29, 1.82) is 0 Å². The van der Waals surface area contributed by atoms with Crippen molar-refractivity contribution in [2.75, 3.05) is 69.8 Å². The van der Waals surface area contributed by atoms with E-state index in [1.165, 1.54) is 17.2 Å². The fourth-order valence-corrected chi connectivity index (χ4v) is 15.1. The number of hydrogen-bond donors (Lipinski definition) is 0. The van der Waals surface area contributed by atoms with Crippen molar-refractivity contribution in [3.05, 3.63) is 22.8 Å². The van der Waals surface area contributed by atoms with E-state index in [-0.39, 0.29) is 0 Å². The standard InChI is InChI=1S/C30H61N2O6Si6/c1-25-24-26(17-23-44(37-8)38-9)27(29(41(12)13)28(25)40(10)11)16-20-39-30(31(2)18-14-21-42(33-4)34-5)32(3)19-15-22-43(35-6)36-7/h24,30H,14-23H2,1-13H3. The first-order valence-corrected chi connectivity index (χ1v) is 26.6. The molecule has 0 aliphatic rings. The minimum atomic E-state index is -1.23. The smallest absolute Gasteiger partial charge is 0.384 e. The van der Waals surface area contributed by atoms with Crippen LogP contribution in [0.25, 0.3) is 0 Å². The van der Waals surface area contributed by atoms with Crippen molar-refractivity contribution in [1.82, 2.24) is 9.80 Å². The highest BCUT2D eigenvalue weighted by Crippen LogP contribution is 2.18. The SMILES string of the molecule is CO[Si](CCCN(C)C([Si]CCc1c(CC[Si](OC)OC)cc(C)c([Si](C)C)c1[Si](C)C)N(C)CCC[Si](OC)OC)OC. The van der Waals surface area contributed by atoms with Crippen molar-refractivity contribution in [3.8, 4) is 0 Å². The molecule has 0 saturated carbocycles. The maximum Gasteiger partial charge on any atom is 0.384 e. The summed E-state index contributed by atoms with van der Waals surface area (Å²) in [6.45, 7) is 14.3. The van der Waals surface area contributed by atoms with Crippen molar-refractivity contribution in [2.45, 2.75) is 88.8 Å². The first kappa shape index (κ1) is 42.2. The second kappa shape index (κ2) is 23.5. The average molecular weight is 714 g/mol. The highest BCUT2D eigenvalue weighted by molar-refractivity contribution is 6.82. The van der Waals surface area contributed by atoms with Gasteiger partial charge in [0.15, 0.2) is 0 Å². The number of hydrogen-bond acceptors (Lipinski definition) is 8. The molecule has 0 heterocycles. The summed E-state index contributed by atoms with van der Waals surface area (Å²) in [5, 5.41) is 3.41. The summed E-state index contributed by atoms with van der Waals surface area (Å²) < 4.78 is 33.5. The van der Waals surface area contributed by atoms with Gasteiger partial charge in [0.2, 0.25) is 0 Å². The largest absolute Gasteiger partial charge is 0.397 e. The van der Waals surface area contributed by atoms with Gasteiger partial charge in [-0.25, -0.2) is 0 Å². The van der Waals surface area contributed by atoms with Crippen molar-refractivity contribution in [2.24, 2.45) is 0 Å². The van der Waals surface area contributed by atoms with Gasteiger partial charge in [0.1, 0.15) is 0 Å². The van der Waals surface area contributed by atoms with Gasteiger partial charge in [-0.05, 0) is 89.1 Å².